The van der Waals surface area contributed by atoms with Crippen LogP contribution in [0.2, 0.25) is 0 Å². The normalized spacial score (nSPS) is 29.1. The lowest BCUT2D eigenvalue weighted by Crippen LogP contribution is -2.53. The predicted molar refractivity (Wildman–Crippen MR) is 79.1 cm³/mol. The molecule has 124 valence electrons. The van der Waals surface area contributed by atoms with Gasteiger partial charge in [0, 0.05) is 12.3 Å². The van der Waals surface area contributed by atoms with E-state index in [9.17, 15) is 22.4 Å². The van der Waals surface area contributed by atoms with Gasteiger partial charge < -0.3 is 5.32 Å². The van der Waals surface area contributed by atoms with Crippen LogP contribution in [0.1, 0.15) is 39.5 Å². The first-order valence-corrected chi connectivity index (χ1v) is 8.82. The van der Waals surface area contributed by atoms with Crippen molar-refractivity contribution in [2.75, 3.05) is 6.67 Å². The Kier molecular flexibility index (Phi) is 4.34. The molecule has 2 fully saturated rings. The first-order chi connectivity index (χ1) is 10.3. The minimum atomic E-state index is -4.07. The lowest BCUT2D eigenvalue weighted by atomic mass is 10.1. The lowest BCUT2D eigenvalue weighted by Gasteiger charge is -2.20. The van der Waals surface area contributed by atoms with Crippen LogP contribution in [0.5, 0.6) is 0 Å². The molecule has 0 radical (unpaired) electrons. The number of sulfonamides is 1. The second-order valence-corrected chi connectivity index (χ2v) is 8.04. The van der Waals surface area contributed by atoms with E-state index in [2.05, 4.69) is 5.32 Å². The SMILES string of the molecule is CC=CC1CC1(NC(=O)CC)C(=O)NS(=O)(=O)C1(CF)CC1. The van der Waals surface area contributed by atoms with Crippen molar-refractivity contribution in [1.82, 2.24) is 10.0 Å². The van der Waals surface area contributed by atoms with E-state index in [1.165, 1.54) is 0 Å². The molecule has 2 N–H and O–H groups in total. The molecule has 2 saturated carbocycles. The summed E-state index contributed by atoms with van der Waals surface area (Å²) in [5.41, 5.74) is -1.24. The number of amides is 2. The second-order valence-electron chi connectivity index (χ2n) is 5.96. The summed E-state index contributed by atoms with van der Waals surface area (Å²) in [6, 6.07) is 0. The van der Waals surface area contributed by atoms with Crippen LogP contribution >= 0.6 is 0 Å². The molecule has 0 heterocycles. The van der Waals surface area contributed by atoms with E-state index >= 15 is 0 Å². The third-order valence-electron chi connectivity index (χ3n) is 4.38. The predicted octanol–water partition coefficient (Wildman–Crippen LogP) is 0.795. The Morgan fingerprint density at radius 1 is 1.36 bits per heavy atom. The highest BCUT2D eigenvalue weighted by Crippen LogP contribution is 2.47. The molecule has 2 aliphatic rings. The van der Waals surface area contributed by atoms with E-state index in [1.54, 1.807) is 26.0 Å². The van der Waals surface area contributed by atoms with Crippen molar-refractivity contribution in [3.63, 3.8) is 0 Å². The molecule has 0 aliphatic heterocycles. The van der Waals surface area contributed by atoms with Gasteiger partial charge in [-0.15, -0.1) is 0 Å². The third kappa shape index (κ3) is 2.76. The van der Waals surface area contributed by atoms with E-state index in [0.717, 1.165) is 0 Å². The van der Waals surface area contributed by atoms with Crippen LogP contribution in [-0.4, -0.2) is 37.2 Å². The van der Waals surface area contributed by atoms with Crippen LogP contribution in [0.25, 0.3) is 0 Å². The average Bonchev–Trinajstić information content (AvgIpc) is 3.34. The molecule has 2 unspecified atom stereocenters. The average molecular weight is 332 g/mol. The number of carbonyl (C=O) groups is 2. The Morgan fingerprint density at radius 2 is 2.00 bits per heavy atom. The Morgan fingerprint density at radius 3 is 2.45 bits per heavy atom. The van der Waals surface area contributed by atoms with Gasteiger partial charge in [0.25, 0.3) is 5.91 Å². The van der Waals surface area contributed by atoms with Gasteiger partial charge in [0.1, 0.15) is 17.0 Å². The van der Waals surface area contributed by atoms with E-state index in [1.807, 2.05) is 4.72 Å². The number of allylic oxidation sites excluding steroid dienone is 1. The highest BCUT2D eigenvalue weighted by atomic mass is 32.2. The van der Waals surface area contributed by atoms with Gasteiger partial charge in [0.2, 0.25) is 15.9 Å². The molecule has 0 bridgehead atoms. The number of halogens is 1. The van der Waals surface area contributed by atoms with Crippen molar-refractivity contribution in [3.8, 4) is 0 Å². The summed E-state index contributed by atoms with van der Waals surface area (Å²) in [6.07, 6.45) is 4.45. The van der Waals surface area contributed by atoms with Gasteiger partial charge in [-0.05, 0) is 26.2 Å². The highest BCUT2D eigenvalue weighted by Gasteiger charge is 2.63. The van der Waals surface area contributed by atoms with Gasteiger partial charge in [0.15, 0.2) is 0 Å². The molecular formula is C14H21FN2O4S. The molecular weight excluding hydrogens is 311 g/mol. The standard InChI is InChI=1S/C14H21FN2O4S/c1-3-5-10-8-14(10,16-11(18)4-2)12(19)17-22(20,21)13(9-15)6-7-13/h3,5,10H,4,6-9H2,1-2H3,(H,16,18)(H,17,19). The fourth-order valence-electron chi connectivity index (χ4n) is 2.49. The topological polar surface area (TPSA) is 92.3 Å². The number of rotatable bonds is 7. The molecule has 0 aromatic rings. The van der Waals surface area contributed by atoms with Crippen molar-refractivity contribution in [3.05, 3.63) is 12.2 Å². The second kappa shape index (κ2) is 5.64. The summed E-state index contributed by atoms with van der Waals surface area (Å²) in [6.45, 7) is 2.41. The molecule has 2 atom stereocenters. The number of carbonyl (C=O) groups excluding carboxylic acids is 2. The van der Waals surface area contributed by atoms with E-state index in [4.69, 9.17) is 0 Å². The Bertz CT molecular complexity index is 612. The lowest BCUT2D eigenvalue weighted by molar-refractivity contribution is -0.129. The molecule has 0 aromatic carbocycles. The zero-order valence-electron chi connectivity index (χ0n) is 12.7. The van der Waals surface area contributed by atoms with Crippen molar-refractivity contribution >= 4 is 21.8 Å². The van der Waals surface area contributed by atoms with Crippen molar-refractivity contribution in [1.29, 1.82) is 0 Å². The van der Waals surface area contributed by atoms with Gasteiger partial charge in [-0.1, -0.05) is 19.1 Å². The molecule has 6 nitrogen and oxygen atoms in total. The zero-order valence-corrected chi connectivity index (χ0v) is 13.5. The summed E-state index contributed by atoms with van der Waals surface area (Å²) < 4.78 is 37.7. The molecule has 0 saturated heterocycles. The van der Waals surface area contributed by atoms with Crippen molar-refractivity contribution in [2.45, 2.75) is 49.8 Å². The van der Waals surface area contributed by atoms with Crippen molar-refractivity contribution in [2.24, 2.45) is 5.92 Å². The van der Waals surface area contributed by atoms with Crippen LogP contribution in [0.4, 0.5) is 4.39 Å². The fourth-order valence-corrected chi connectivity index (χ4v) is 3.91. The van der Waals surface area contributed by atoms with Gasteiger partial charge in [-0.3, -0.25) is 14.3 Å². The number of alkyl halides is 1. The van der Waals surface area contributed by atoms with E-state index in [-0.39, 0.29) is 31.1 Å². The maximum Gasteiger partial charge on any atom is 0.259 e. The molecule has 2 aliphatic carbocycles. The van der Waals surface area contributed by atoms with Crippen LogP contribution in [0, 0.1) is 5.92 Å². The van der Waals surface area contributed by atoms with Crippen LogP contribution in [0.15, 0.2) is 12.2 Å². The fraction of sp³-hybridized carbons (Fsp3) is 0.714. The van der Waals surface area contributed by atoms with Crippen molar-refractivity contribution < 1.29 is 22.4 Å². The molecule has 22 heavy (non-hydrogen) atoms. The Labute approximate surface area is 129 Å². The largest absolute Gasteiger partial charge is 0.341 e. The maximum absolute atomic E-state index is 12.9. The summed E-state index contributed by atoms with van der Waals surface area (Å²) in [4.78, 5) is 24.0. The monoisotopic (exact) mass is 332 g/mol. The number of hydrogen-bond acceptors (Lipinski definition) is 4. The smallest absolute Gasteiger partial charge is 0.259 e. The molecule has 2 rings (SSSR count). The minimum absolute atomic E-state index is 0.193. The molecule has 0 aromatic heterocycles. The quantitative estimate of drug-likeness (QED) is 0.674. The summed E-state index contributed by atoms with van der Waals surface area (Å²) in [5.74, 6) is -1.35. The van der Waals surface area contributed by atoms with Gasteiger partial charge in [-0.25, -0.2) is 12.8 Å². The summed E-state index contributed by atoms with van der Waals surface area (Å²) >= 11 is 0. The first kappa shape index (κ1) is 16.9. The first-order valence-electron chi connectivity index (χ1n) is 7.33. The van der Waals surface area contributed by atoms with Crippen LogP contribution in [0.3, 0.4) is 0 Å². The maximum atomic E-state index is 12.9. The van der Waals surface area contributed by atoms with E-state index < -0.39 is 32.9 Å². The zero-order chi connectivity index (χ0) is 16.6. The van der Waals surface area contributed by atoms with Gasteiger partial charge in [-0.2, -0.15) is 0 Å². The Hall–Kier alpha value is -1.44. The molecule has 8 heteroatoms. The summed E-state index contributed by atoms with van der Waals surface area (Å²) in [7, 11) is -4.07. The molecule has 2 amide bonds. The minimum Gasteiger partial charge on any atom is -0.341 e. The highest BCUT2D eigenvalue weighted by molar-refractivity contribution is 7.91. The van der Waals surface area contributed by atoms with E-state index in [0.29, 0.717) is 6.42 Å². The van der Waals surface area contributed by atoms with Gasteiger partial charge in [0.05, 0.1) is 0 Å². The third-order valence-corrected chi connectivity index (χ3v) is 6.49. The molecule has 0 spiro atoms. The van der Waals surface area contributed by atoms with Gasteiger partial charge >= 0.3 is 0 Å². The summed E-state index contributed by atoms with van der Waals surface area (Å²) in [5, 5.41) is 2.60. The number of nitrogens with one attached hydrogen (secondary N) is 2. The number of hydrogen-bond donors (Lipinski definition) is 2. The van der Waals surface area contributed by atoms with Crippen LogP contribution < -0.4 is 10.0 Å². The van der Waals surface area contributed by atoms with Crippen LogP contribution in [-0.2, 0) is 19.6 Å². The Balaban J connectivity index is 2.16.